The largest absolute Gasteiger partial charge is 0.382 e. The fourth-order valence-corrected chi connectivity index (χ4v) is 1.96. The van der Waals surface area contributed by atoms with Gasteiger partial charge in [0.15, 0.2) is 0 Å². The second kappa shape index (κ2) is 4.20. The zero-order chi connectivity index (χ0) is 11.8. The number of aryl methyl sites for hydroxylation is 1. The molecule has 0 amide bonds. The summed E-state index contributed by atoms with van der Waals surface area (Å²) in [7, 11) is 0. The van der Waals surface area contributed by atoms with Gasteiger partial charge in [0.2, 0.25) is 0 Å². The second-order valence-corrected chi connectivity index (χ2v) is 5.45. The predicted molar refractivity (Wildman–Crippen MR) is 67.7 cm³/mol. The molecule has 2 rings (SSSR count). The summed E-state index contributed by atoms with van der Waals surface area (Å²) in [5, 5.41) is 7.38. The number of nitrogens with zero attached hydrogens (tertiary/aromatic N) is 2. The molecule has 0 saturated heterocycles. The lowest BCUT2D eigenvalue weighted by Crippen LogP contribution is -2.24. The number of aromatic nitrogens is 2. The minimum absolute atomic E-state index is 0.0755. The number of halogens is 1. The predicted octanol–water partition coefficient (Wildman–Crippen LogP) is 2.24. The first-order valence-corrected chi connectivity index (χ1v) is 6.34. The van der Waals surface area contributed by atoms with Gasteiger partial charge in [-0.05, 0) is 41.1 Å². The Bertz CT molecular complexity index is 451. The number of nitrogens with one attached hydrogen (secondary N) is 1. The Hall–Kier alpha value is -0.840. The average Bonchev–Trinajstić information content (AvgIpc) is 2.99. The fraction of sp³-hybridized carbons (Fsp3) is 0.636. The van der Waals surface area contributed by atoms with Crippen LogP contribution in [0.15, 0.2) is 15.5 Å². The van der Waals surface area contributed by atoms with Crippen LogP contribution in [0.4, 0.5) is 5.69 Å². The van der Waals surface area contributed by atoms with Crippen molar-refractivity contribution in [2.24, 2.45) is 5.41 Å². The van der Waals surface area contributed by atoms with E-state index in [9.17, 15) is 4.79 Å². The normalized spacial score (nSPS) is 17.2. The molecule has 0 spiro atoms. The molecule has 1 aromatic heterocycles. The van der Waals surface area contributed by atoms with Gasteiger partial charge in [0, 0.05) is 13.1 Å². The summed E-state index contributed by atoms with van der Waals surface area (Å²) >= 11 is 3.32. The van der Waals surface area contributed by atoms with Crippen LogP contribution in [0.5, 0.6) is 0 Å². The molecule has 1 aliphatic carbocycles. The summed E-state index contributed by atoms with van der Waals surface area (Å²) in [6.07, 6.45) is 4.23. The zero-order valence-corrected chi connectivity index (χ0v) is 11.2. The third-order valence-corrected chi connectivity index (χ3v) is 3.86. The monoisotopic (exact) mass is 285 g/mol. The van der Waals surface area contributed by atoms with E-state index < -0.39 is 0 Å². The smallest absolute Gasteiger partial charge is 0.283 e. The maximum atomic E-state index is 11.8. The van der Waals surface area contributed by atoms with Crippen molar-refractivity contribution >= 4 is 21.6 Å². The van der Waals surface area contributed by atoms with Crippen LogP contribution in [0.1, 0.15) is 26.7 Å². The Kier molecular flexibility index (Phi) is 3.06. The highest BCUT2D eigenvalue weighted by Gasteiger charge is 2.36. The van der Waals surface area contributed by atoms with Crippen LogP contribution in [0, 0.1) is 5.41 Å². The Labute approximate surface area is 103 Å². The number of hydrogen-bond donors (Lipinski definition) is 1. The summed E-state index contributed by atoms with van der Waals surface area (Å²) < 4.78 is 2.02. The van der Waals surface area contributed by atoms with Crippen molar-refractivity contribution in [3.05, 3.63) is 21.0 Å². The first-order valence-electron chi connectivity index (χ1n) is 5.55. The van der Waals surface area contributed by atoms with Crippen molar-refractivity contribution in [1.82, 2.24) is 9.78 Å². The van der Waals surface area contributed by atoms with Gasteiger partial charge in [0.05, 0.1) is 11.9 Å². The maximum absolute atomic E-state index is 11.8. The minimum atomic E-state index is -0.0755. The van der Waals surface area contributed by atoms with E-state index in [-0.39, 0.29) is 5.56 Å². The summed E-state index contributed by atoms with van der Waals surface area (Å²) in [6, 6.07) is 0. The fourth-order valence-electron chi connectivity index (χ4n) is 1.51. The Morgan fingerprint density at radius 3 is 2.88 bits per heavy atom. The van der Waals surface area contributed by atoms with E-state index in [1.165, 1.54) is 17.5 Å². The van der Waals surface area contributed by atoms with E-state index in [0.717, 1.165) is 12.2 Å². The molecule has 16 heavy (non-hydrogen) atoms. The van der Waals surface area contributed by atoms with Crippen LogP contribution in [0.25, 0.3) is 0 Å². The number of hydrogen-bond acceptors (Lipinski definition) is 3. The molecule has 0 aromatic carbocycles. The average molecular weight is 286 g/mol. The van der Waals surface area contributed by atoms with Gasteiger partial charge in [-0.25, -0.2) is 4.68 Å². The van der Waals surface area contributed by atoms with Crippen molar-refractivity contribution < 1.29 is 0 Å². The van der Waals surface area contributed by atoms with E-state index in [2.05, 4.69) is 33.3 Å². The van der Waals surface area contributed by atoms with Crippen LogP contribution in [0.2, 0.25) is 0 Å². The second-order valence-electron chi connectivity index (χ2n) is 4.66. The van der Waals surface area contributed by atoms with E-state index in [1.807, 2.05) is 6.92 Å². The van der Waals surface area contributed by atoms with Crippen LogP contribution >= 0.6 is 15.9 Å². The molecule has 0 radical (unpaired) electrons. The highest BCUT2D eigenvalue weighted by molar-refractivity contribution is 9.10. The lowest BCUT2D eigenvalue weighted by atomic mass is 10.1. The van der Waals surface area contributed by atoms with Gasteiger partial charge in [0.25, 0.3) is 5.56 Å². The van der Waals surface area contributed by atoms with Crippen molar-refractivity contribution in [2.75, 3.05) is 11.9 Å². The third-order valence-electron chi connectivity index (χ3n) is 3.09. The Morgan fingerprint density at radius 1 is 1.62 bits per heavy atom. The molecule has 4 nitrogen and oxygen atoms in total. The molecule has 88 valence electrons. The molecule has 0 bridgehead atoms. The lowest BCUT2D eigenvalue weighted by Gasteiger charge is -2.12. The number of anilines is 1. The Morgan fingerprint density at radius 2 is 2.31 bits per heavy atom. The molecule has 1 fully saturated rings. The van der Waals surface area contributed by atoms with Crippen molar-refractivity contribution in [3.63, 3.8) is 0 Å². The van der Waals surface area contributed by atoms with Gasteiger partial charge in [0.1, 0.15) is 4.47 Å². The van der Waals surface area contributed by atoms with Crippen molar-refractivity contribution in [1.29, 1.82) is 0 Å². The highest BCUT2D eigenvalue weighted by Crippen LogP contribution is 2.44. The van der Waals surface area contributed by atoms with E-state index >= 15 is 0 Å². The Balaban J connectivity index is 2.15. The SMILES string of the molecule is CCn1ncc(NCC2(C)CC2)c(Br)c1=O. The first-order chi connectivity index (χ1) is 7.56. The molecule has 1 aromatic rings. The van der Waals surface area contributed by atoms with E-state index in [4.69, 9.17) is 0 Å². The highest BCUT2D eigenvalue weighted by atomic mass is 79.9. The van der Waals surface area contributed by atoms with Gasteiger partial charge >= 0.3 is 0 Å². The lowest BCUT2D eigenvalue weighted by molar-refractivity contribution is 0.600. The van der Waals surface area contributed by atoms with Crippen LogP contribution in [-0.2, 0) is 6.54 Å². The maximum Gasteiger partial charge on any atom is 0.283 e. The molecular formula is C11H16BrN3O. The summed E-state index contributed by atoms with van der Waals surface area (Å²) in [6.45, 7) is 5.64. The van der Waals surface area contributed by atoms with Gasteiger partial charge in [-0.1, -0.05) is 6.92 Å². The zero-order valence-electron chi connectivity index (χ0n) is 9.59. The van der Waals surface area contributed by atoms with E-state index in [1.54, 1.807) is 6.20 Å². The molecule has 1 aliphatic rings. The molecule has 1 heterocycles. The molecule has 0 aliphatic heterocycles. The van der Waals surface area contributed by atoms with Crippen LogP contribution < -0.4 is 10.9 Å². The van der Waals surface area contributed by atoms with Crippen molar-refractivity contribution in [2.45, 2.75) is 33.2 Å². The molecule has 1 N–H and O–H groups in total. The van der Waals surface area contributed by atoms with Gasteiger partial charge in [-0.3, -0.25) is 4.79 Å². The molecule has 1 saturated carbocycles. The van der Waals surface area contributed by atoms with Gasteiger partial charge in [-0.15, -0.1) is 0 Å². The summed E-state index contributed by atoms with van der Waals surface area (Å²) in [4.78, 5) is 11.8. The quantitative estimate of drug-likeness (QED) is 0.923. The number of rotatable bonds is 4. The summed E-state index contributed by atoms with van der Waals surface area (Å²) in [5.41, 5.74) is 1.13. The molecule has 0 atom stereocenters. The van der Waals surface area contributed by atoms with Gasteiger partial charge in [-0.2, -0.15) is 5.10 Å². The van der Waals surface area contributed by atoms with Crippen LogP contribution in [-0.4, -0.2) is 16.3 Å². The summed E-state index contributed by atoms with van der Waals surface area (Å²) in [5.74, 6) is 0. The molecular weight excluding hydrogens is 270 g/mol. The molecule has 5 heteroatoms. The third kappa shape index (κ3) is 2.29. The van der Waals surface area contributed by atoms with Crippen molar-refractivity contribution in [3.8, 4) is 0 Å². The first kappa shape index (κ1) is 11.6. The van der Waals surface area contributed by atoms with Crippen LogP contribution in [0.3, 0.4) is 0 Å². The van der Waals surface area contributed by atoms with Gasteiger partial charge < -0.3 is 5.32 Å². The standard InChI is InChI=1S/C11H16BrN3O/c1-3-15-10(16)9(12)8(6-14-15)13-7-11(2)4-5-11/h6,13H,3-5,7H2,1-2H3. The minimum Gasteiger partial charge on any atom is -0.382 e. The van der Waals surface area contributed by atoms with E-state index in [0.29, 0.717) is 16.4 Å². The molecule has 0 unspecified atom stereocenters. The topological polar surface area (TPSA) is 46.9 Å².